The lowest BCUT2D eigenvalue weighted by molar-refractivity contribution is -0.123. The number of hydrazone groups is 1. The summed E-state index contributed by atoms with van der Waals surface area (Å²) in [6.45, 7) is -3.35. The van der Waals surface area contributed by atoms with E-state index in [1.165, 1.54) is 19.2 Å². The van der Waals surface area contributed by atoms with Gasteiger partial charge in [0.05, 0.1) is 18.3 Å². The molecule has 0 unspecified atom stereocenters. The van der Waals surface area contributed by atoms with Crippen molar-refractivity contribution in [2.75, 3.05) is 13.7 Å². The van der Waals surface area contributed by atoms with Gasteiger partial charge in [-0.2, -0.15) is 13.9 Å². The second kappa shape index (κ2) is 9.57. The van der Waals surface area contributed by atoms with E-state index in [0.29, 0.717) is 10.8 Å². The number of nitrogens with zero attached hydrogens (tertiary/aromatic N) is 1. The van der Waals surface area contributed by atoms with Crippen LogP contribution in [0.4, 0.5) is 8.78 Å². The molecule has 6 nitrogen and oxygen atoms in total. The maximum absolute atomic E-state index is 12.5. The van der Waals surface area contributed by atoms with Crippen molar-refractivity contribution in [3.63, 3.8) is 0 Å². The molecule has 26 heavy (non-hydrogen) atoms. The van der Waals surface area contributed by atoms with Gasteiger partial charge in [0.15, 0.2) is 18.1 Å². The number of methoxy groups -OCH3 is 1. The van der Waals surface area contributed by atoms with Crippen LogP contribution >= 0.6 is 11.6 Å². The molecule has 1 amide bonds. The summed E-state index contributed by atoms with van der Waals surface area (Å²) in [7, 11) is 1.32. The summed E-state index contributed by atoms with van der Waals surface area (Å²) in [6.07, 6.45) is 1.16. The van der Waals surface area contributed by atoms with Crippen LogP contribution in [0.1, 0.15) is 5.56 Å². The molecular weight excluding hydrogens is 370 g/mol. The molecule has 0 aliphatic carbocycles. The fraction of sp³-hybridized carbons (Fsp3) is 0.176. The zero-order valence-corrected chi connectivity index (χ0v) is 14.4. The first-order valence-electron chi connectivity index (χ1n) is 7.32. The zero-order valence-electron chi connectivity index (χ0n) is 13.6. The Morgan fingerprint density at radius 1 is 1.23 bits per heavy atom. The van der Waals surface area contributed by atoms with Gasteiger partial charge in [-0.05, 0) is 24.3 Å². The number of halogens is 3. The van der Waals surface area contributed by atoms with Crippen LogP contribution in [0.15, 0.2) is 47.6 Å². The molecule has 0 saturated heterocycles. The Morgan fingerprint density at radius 2 is 1.96 bits per heavy atom. The molecule has 0 bridgehead atoms. The van der Waals surface area contributed by atoms with Crippen LogP contribution in [0.25, 0.3) is 0 Å². The minimum atomic E-state index is -3.03. The maximum Gasteiger partial charge on any atom is 0.387 e. The molecular formula is C17H15ClF2N2O4. The Balaban J connectivity index is 1.97. The molecule has 0 fully saturated rings. The highest BCUT2D eigenvalue weighted by atomic mass is 35.5. The van der Waals surface area contributed by atoms with Gasteiger partial charge in [0.25, 0.3) is 5.91 Å². The number of carbonyl (C=O) groups is 1. The van der Waals surface area contributed by atoms with Gasteiger partial charge in [-0.25, -0.2) is 5.43 Å². The van der Waals surface area contributed by atoms with Crippen LogP contribution in [0.3, 0.4) is 0 Å². The second-order valence-corrected chi connectivity index (χ2v) is 5.18. The summed E-state index contributed by atoms with van der Waals surface area (Å²) in [5.74, 6) is -0.271. The van der Waals surface area contributed by atoms with Crippen molar-refractivity contribution in [2.24, 2.45) is 5.10 Å². The number of benzene rings is 2. The quantitative estimate of drug-likeness (QED) is 0.559. The average molecular weight is 385 g/mol. The van der Waals surface area contributed by atoms with Crippen molar-refractivity contribution >= 4 is 23.7 Å². The summed E-state index contributed by atoms with van der Waals surface area (Å²) >= 11 is 5.91. The summed E-state index contributed by atoms with van der Waals surface area (Å²) in [6, 6.07) is 11.2. The second-order valence-electron chi connectivity index (χ2n) is 4.77. The van der Waals surface area contributed by atoms with Gasteiger partial charge in [-0.1, -0.05) is 29.8 Å². The van der Waals surface area contributed by atoms with Gasteiger partial charge in [-0.15, -0.1) is 0 Å². The molecule has 0 saturated carbocycles. The van der Waals surface area contributed by atoms with Crippen LogP contribution in [-0.2, 0) is 4.79 Å². The maximum atomic E-state index is 12.5. The van der Waals surface area contributed by atoms with Gasteiger partial charge in [-0.3, -0.25) is 4.79 Å². The van der Waals surface area contributed by atoms with Gasteiger partial charge < -0.3 is 14.2 Å². The monoisotopic (exact) mass is 384 g/mol. The van der Waals surface area contributed by atoms with Gasteiger partial charge in [0, 0.05) is 5.56 Å². The van der Waals surface area contributed by atoms with Gasteiger partial charge in [0.1, 0.15) is 5.75 Å². The third kappa shape index (κ3) is 5.59. The average Bonchev–Trinajstić information content (AvgIpc) is 2.62. The van der Waals surface area contributed by atoms with Gasteiger partial charge >= 0.3 is 6.61 Å². The number of carbonyl (C=O) groups excluding carboxylic acids is 1. The van der Waals surface area contributed by atoms with Crippen LogP contribution < -0.4 is 19.6 Å². The van der Waals surface area contributed by atoms with Crippen molar-refractivity contribution in [2.45, 2.75) is 6.61 Å². The molecule has 0 spiro atoms. The largest absolute Gasteiger partial charge is 0.493 e. The highest BCUT2D eigenvalue weighted by Gasteiger charge is 2.14. The molecule has 2 aromatic rings. The molecule has 2 aromatic carbocycles. The fourth-order valence-corrected chi connectivity index (χ4v) is 2.11. The fourth-order valence-electron chi connectivity index (χ4n) is 1.92. The lowest BCUT2D eigenvalue weighted by atomic mass is 10.2. The SMILES string of the molecule is COc1cccc(/C=N\NC(=O)COc2ccccc2Cl)c1OC(F)F. The summed E-state index contributed by atoms with van der Waals surface area (Å²) in [5.41, 5.74) is 2.42. The smallest absolute Gasteiger partial charge is 0.387 e. The van der Waals surface area contributed by atoms with Gasteiger partial charge in [0.2, 0.25) is 0 Å². The van der Waals surface area contributed by atoms with Crippen molar-refractivity contribution in [3.05, 3.63) is 53.1 Å². The zero-order chi connectivity index (χ0) is 18.9. The van der Waals surface area contributed by atoms with E-state index < -0.39 is 12.5 Å². The summed E-state index contributed by atoms with van der Waals surface area (Å²) in [5, 5.41) is 4.07. The van der Waals surface area contributed by atoms with E-state index >= 15 is 0 Å². The standard InChI is InChI=1S/C17H15ClF2N2O4/c1-24-14-8-4-5-11(16(14)26-17(19)20)9-21-22-15(23)10-25-13-7-3-2-6-12(13)18/h2-9,17H,10H2,1H3,(H,22,23)/b21-9-. The van der Waals surface area contributed by atoms with Crippen LogP contribution in [0.2, 0.25) is 5.02 Å². The Bertz CT molecular complexity index is 787. The molecule has 0 heterocycles. The van der Waals surface area contributed by atoms with E-state index in [-0.39, 0.29) is 23.7 Å². The Labute approximate surface area is 153 Å². The predicted molar refractivity (Wildman–Crippen MR) is 92.3 cm³/mol. The number of para-hydroxylation sites is 2. The van der Waals surface area contributed by atoms with E-state index in [0.717, 1.165) is 6.21 Å². The minimum Gasteiger partial charge on any atom is -0.493 e. The topological polar surface area (TPSA) is 69.2 Å². The first-order chi connectivity index (χ1) is 12.5. The number of nitrogens with one attached hydrogen (secondary N) is 1. The van der Waals surface area contributed by atoms with Crippen molar-refractivity contribution in [3.8, 4) is 17.2 Å². The van der Waals surface area contributed by atoms with E-state index in [1.807, 2.05) is 0 Å². The van der Waals surface area contributed by atoms with E-state index in [1.54, 1.807) is 30.3 Å². The minimum absolute atomic E-state index is 0.114. The lowest BCUT2D eigenvalue weighted by Crippen LogP contribution is -2.24. The Kier molecular flexibility index (Phi) is 7.16. The molecule has 0 atom stereocenters. The number of hydrogen-bond acceptors (Lipinski definition) is 5. The first-order valence-corrected chi connectivity index (χ1v) is 7.70. The Morgan fingerprint density at radius 3 is 2.65 bits per heavy atom. The predicted octanol–water partition coefficient (Wildman–Crippen LogP) is 3.48. The van der Waals surface area contributed by atoms with Crippen LogP contribution in [0.5, 0.6) is 17.2 Å². The molecule has 0 aliphatic heterocycles. The Hall–Kier alpha value is -2.87. The number of rotatable bonds is 8. The number of amides is 1. The van der Waals surface area contributed by atoms with Crippen molar-refractivity contribution in [1.29, 1.82) is 0 Å². The number of alkyl halides is 2. The highest BCUT2D eigenvalue weighted by Crippen LogP contribution is 2.31. The van der Waals surface area contributed by atoms with E-state index in [4.69, 9.17) is 21.1 Å². The lowest BCUT2D eigenvalue weighted by Gasteiger charge is -2.12. The number of hydrogen-bond donors (Lipinski definition) is 1. The van der Waals surface area contributed by atoms with E-state index in [9.17, 15) is 13.6 Å². The molecule has 0 aromatic heterocycles. The highest BCUT2D eigenvalue weighted by molar-refractivity contribution is 6.32. The molecule has 2 rings (SSSR count). The summed E-state index contributed by atoms with van der Waals surface area (Å²) < 4.78 is 39.8. The molecule has 0 radical (unpaired) electrons. The normalized spacial score (nSPS) is 10.8. The molecule has 1 N–H and O–H groups in total. The number of ether oxygens (including phenoxy) is 3. The third-order valence-electron chi connectivity index (χ3n) is 3.02. The first kappa shape index (κ1) is 19.5. The van der Waals surface area contributed by atoms with Crippen molar-refractivity contribution < 1.29 is 27.8 Å². The van der Waals surface area contributed by atoms with Crippen molar-refractivity contribution in [1.82, 2.24) is 5.43 Å². The molecule has 9 heteroatoms. The van der Waals surface area contributed by atoms with Crippen LogP contribution in [-0.4, -0.2) is 32.4 Å². The third-order valence-corrected chi connectivity index (χ3v) is 3.34. The summed E-state index contributed by atoms with van der Waals surface area (Å²) in [4.78, 5) is 11.7. The van der Waals surface area contributed by atoms with E-state index in [2.05, 4.69) is 15.3 Å². The molecule has 0 aliphatic rings. The van der Waals surface area contributed by atoms with Crippen LogP contribution in [0, 0.1) is 0 Å². The molecule has 138 valence electrons.